The number of rotatable bonds is 1. The molecule has 1 rings (SSSR count). The molecule has 0 bridgehead atoms. The molecule has 0 radical (unpaired) electrons. The molecule has 0 aliphatic carbocycles. The van der Waals surface area contributed by atoms with Gasteiger partial charge in [0.1, 0.15) is 0 Å². The van der Waals surface area contributed by atoms with Crippen molar-refractivity contribution in [3.8, 4) is 0 Å². The van der Waals surface area contributed by atoms with Crippen LogP contribution < -0.4 is 17.0 Å². The molecule has 0 nitrogen and oxygen atoms in total. The van der Waals surface area contributed by atoms with E-state index in [1.54, 1.807) is 0 Å². The summed E-state index contributed by atoms with van der Waals surface area (Å²) in [6, 6.07) is 3.70. The van der Waals surface area contributed by atoms with Crippen molar-refractivity contribution in [2.45, 2.75) is 5.02 Å². The van der Waals surface area contributed by atoms with E-state index in [0.29, 0.717) is 5.56 Å². The molecule has 1 aromatic carbocycles. The molecule has 11 heavy (non-hydrogen) atoms. The van der Waals surface area contributed by atoms with Gasteiger partial charge < -0.3 is 17.0 Å². The minimum atomic E-state index is -0.505. The first kappa shape index (κ1) is 11.2. The first-order valence-electron chi connectivity index (χ1n) is 2.97. The molecule has 0 amide bonds. The number of hydrogen-bond acceptors (Lipinski definition) is 0. The molecule has 0 atom stereocenters. The van der Waals surface area contributed by atoms with Crippen molar-refractivity contribution in [3.05, 3.63) is 35.4 Å². The Bertz CT molecular complexity index is 240. The molecular weight excluding hydrogens is 267 g/mol. The fourth-order valence-electron chi connectivity index (χ4n) is 0.724. The molecule has 0 spiro atoms. The second kappa shape index (κ2) is 4.94. The van der Waals surface area contributed by atoms with Gasteiger partial charge in [0.05, 0.1) is 0 Å². The van der Waals surface area contributed by atoms with Gasteiger partial charge in [0.15, 0.2) is 0 Å². The van der Waals surface area contributed by atoms with E-state index in [0.717, 1.165) is 29.4 Å². The van der Waals surface area contributed by atoms with Crippen LogP contribution in [-0.4, -0.2) is 0 Å². The molecule has 0 unspecified atom stereocenters. The summed E-state index contributed by atoms with van der Waals surface area (Å²) in [7, 11) is 0. The summed E-state index contributed by atoms with van der Waals surface area (Å²) in [4.78, 5) is 0. The zero-order valence-corrected chi connectivity index (χ0v) is 10.3. The van der Waals surface area contributed by atoms with Gasteiger partial charge in [-0.1, -0.05) is 0 Å². The molecule has 0 saturated heterocycles. The van der Waals surface area contributed by atoms with Crippen LogP contribution in [0.5, 0.6) is 0 Å². The molecule has 1 aromatic rings. The van der Waals surface area contributed by atoms with Crippen LogP contribution in [0.1, 0.15) is 5.56 Å². The van der Waals surface area contributed by atoms with E-state index < -0.39 is 11.6 Å². The molecule has 56 valence electrons. The van der Waals surface area contributed by atoms with Gasteiger partial charge in [0, 0.05) is 0 Å². The third-order valence-electron chi connectivity index (χ3n) is 1.28. The first-order valence-corrected chi connectivity index (χ1v) is 5.07. The summed E-state index contributed by atoms with van der Waals surface area (Å²) in [6.07, 6.45) is 0. The Balaban J connectivity index is 0.000001000. The van der Waals surface area contributed by atoms with Crippen molar-refractivity contribution in [2.75, 3.05) is 0 Å². The van der Waals surface area contributed by atoms with Crippen LogP contribution in [-0.2, 0) is 23.3 Å². The summed E-state index contributed by atoms with van der Waals surface area (Å²) in [5, 5.41) is 0.728. The Hall–Kier alpha value is 0.183. The molecular formula is C7H5BrF2Zn. The van der Waals surface area contributed by atoms with E-state index in [1.807, 2.05) is 0 Å². The van der Waals surface area contributed by atoms with Crippen LogP contribution in [0.4, 0.5) is 8.78 Å². The van der Waals surface area contributed by atoms with Gasteiger partial charge >= 0.3 is 67.5 Å². The van der Waals surface area contributed by atoms with E-state index in [9.17, 15) is 8.78 Å². The number of hydrogen-bond donors (Lipinski definition) is 0. The third-order valence-corrected chi connectivity index (χ3v) is 2.41. The summed E-state index contributed by atoms with van der Waals surface area (Å²) < 4.78 is 24.9. The van der Waals surface area contributed by atoms with E-state index in [1.165, 1.54) is 12.1 Å². The summed E-state index contributed by atoms with van der Waals surface area (Å²) >= 11 is 1.00. The van der Waals surface area contributed by atoms with Crippen LogP contribution in [0.25, 0.3) is 0 Å². The van der Waals surface area contributed by atoms with Crippen molar-refractivity contribution in [3.63, 3.8) is 0 Å². The minimum Gasteiger partial charge on any atom is -1.00 e. The van der Waals surface area contributed by atoms with E-state index >= 15 is 0 Å². The maximum atomic E-state index is 12.6. The fourth-order valence-corrected chi connectivity index (χ4v) is 1.58. The molecule has 0 N–H and O–H groups in total. The fraction of sp³-hybridized carbons (Fsp3) is 0.143. The second-order valence-electron chi connectivity index (χ2n) is 1.99. The van der Waals surface area contributed by atoms with Crippen LogP contribution in [0, 0.1) is 11.6 Å². The average Bonchev–Trinajstić information content (AvgIpc) is 1.88. The molecule has 4 heteroatoms. The Morgan fingerprint density at radius 3 is 2.36 bits per heavy atom. The van der Waals surface area contributed by atoms with Gasteiger partial charge in [-0.2, -0.15) is 0 Å². The van der Waals surface area contributed by atoms with Gasteiger partial charge in [-0.05, 0) is 0 Å². The van der Waals surface area contributed by atoms with Crippen molar-refractivity contribution in [1.29, 1.82) is 0 Å². The standard InChI is InChI=1S/C7H5F2.BrH.Zn/c1-5-2-3-6(8)4-7(5)9;;/h2-4H,1H2;1H;/q;;+1/p-1. The van der Waals surface area contributed by atoms with Crippen LogP contribution in [0.15, 0.2) is 18.2 Å². The molecule has 0 aliphatic heterocycles. The number of halogens is 3. The van der Waals surface area contributed by atoms with Gasteiger partial charge in [0.2, 0.25) is 0 Å². The predicted octanol–water partition coefficient (Wildman–Crippen LogP) is -0.984. The topological polar surface area (TPSA) is 0 Å². The van der Waals surface area contributed by atoms with Gasteiger partial charge in [-0.25, -0.2) is 0 Å². The normalized spacial score (nSPS) is 9.09. The molecule has 0 saturated carbocycles. The van der Waals surface area contributed by atoms with Crippen LogP contribution >= 0.6 is 0 Å². The Morgan fingerprint density at radius 1 is 1.27 bits per heavy atom. The molecule has 0 aliphatic rings. The maximum absolute atomic E-state index is 12.6. The summed E-state index contributed by atoms with van der Waals surface area (Å²) in [6.45, 7) is 0. The second-order valence-corrected chi connectivity index (χ2v) is 3.03. The van der Waals surface area contributed by atoms with E-state index in [2.05, 4.69) is 0 Å². The van der Waals surface area contributed by atoms with Gasteiger partial charge in [0.25, 0.3) is 0 Å². The first-order chi connectivity index (χ1) is 4.74. The quantitative estimate of drug-likeness (QED) is 0.576. The van der Waals surface area contributed by atoms with Crippen molar-refractivity contribution < 1.29 is 44.1 Å². The zero-order chi connectivity index (χ0) is 7.56. The SMILES string of the molecule is Fc1ccc([CH2][Zn+])c(F)c1.[Br-]. The molecule has 0 aromatic heterocycles. The third kappa shape index (κ3) is 2.96. The maximum Gasteiger partial charge on any atom is -1.00 e. The number of benzene rings is 1. The van der Waals surface area contributed by atoms with Crippen molar-refractivity contribution in [1.82, 2.24) is 0 Å². The smallest absolute Gasteiger partial charge is 1.00 e. The summed E-state index contributed by atoms with van der Waals surface area (Å²) in [5.41, 5.74) is 0.612. The largest absolute Gasteiger partial charge is 1.00 e. The minimum absolute atomic E-state index is 0. The average molecular weight is 272 g/mol. The van der Waals surface area contributed by atoms with Crippen LogP contribution in [0.3, 0.4) is 0 Å². The van der Waals surface area contributed by atoms with E-state index in [-0.39, 0.29) is 17.0 Å². The monoisotopic (exact) mass is 270 g/mol. The van der Waals surface area contributed by atoms with Crippen LogP contribution in [0.2, 0.25) is 0 Å². The Morgan fingerprint density at radius 2 is 1.91 bits per heavy atom. The summed E-state index contributed by atoms with van der Waals surface area (Å²) in [5.74, 6) is -0.930. The Kier molecular flexibility index (Phi) is 5.02. The molecule has 0 fully saturated rings. The molecule has 0 heterocycles. The van der Waals surface area contributed by atoms with Gasteiger partial charge in [-0.15, -0.1) is 0 Å². The predicted molar refractivity (Wildman–Crippen MR) is 30.1 cm³/mol. The Labute approximate surface area is 84.4 Å². The zero-order valence-electron chi connectivity index (χ0n) is 5.78. The van der Waals surface area contributed by atoms with Gasteiger partial charge in [-0.3, -0.25) is 0 Å². The van der Waals surface area contributed by atoms with Crippen molar-refractivity contribution >= 4 is 0 Å². The van der Waals surface area contributed by atoms with Crippen molar-refractivity contribution in [2.24, 2.45) is 0 Å². The van der Waals surface area contributed by atoms with E-state index in [4.69, 9.17) is 0 Å².